The van der Waals surface area contributed by atoms with Crippen molar-refractivity contribution in [3.8, 4) is 0 Å². The SMILES string of the molecule is Cc1oc(C)c(S(=O)(=O)NC(C)C(C)CO)c1C(=O)O. The van der Waals surface area contributed by atoms with Crippen LogP contribution in [0.4, 0.5) is 0 Å². The molecule has 2 atom stereocenters. The van der Waals surface area contributed by atoms with Crippen LogP contribution < -0.4 is 4.72 Å². The first-order valence-electron chi connectivity index (χ1n) is 6.08. The van der Waals surface area contributed by atoms with Crippen molar-refractivity contribution in [1.82, 2.24) is 4.72 Å². The largest absolute Gasteiger partial charge is 0.478 e. The lowest BCUT2D eigenvalue weighted by molar-refractivity contribution is 0.0691. The van der Waals surface area contributed by atoms with Crippen LogP contribution in [-0.4, -0.2) is 37.2 Å². The van der Waals surface area contributed by atoms with Crippen LogP contribution in [0.2, 0.25) is 0 Å². The van der Waals surface area contributed by atoms with Gasteiger partial charge in [0.25, 0.3) is 0 Å². The second-order valence-corrected chi connectivity index (χ2v) is 6.44. The number of hydrogen-bond acceptors (Lipinski definition) is 5. The van der Waals surface area contributed by atoms with Crippen LogP contribution in [0.3, 0.4) is 0 Å². The second kappa shape index (κ2) is 5.94. The molecule has 1 aromatic heterocycles. The van der Waals surface area contributed by atoms with Crippen molar-refractivity contribution in [3.63, 3.8) is 0 Å². The lowest BCUT2D eigenvalue weighted by Gasteiger charge is -2.19. The number of hydrogen-bond donors (Lipinski definition) is 3. The van der Waals surface area contributed by atoms with Gasteiger partial charge in [0, 0.05) is 12.6 Å². The molecule has 7 nitrogen and oxygen atoms in total. The number of carboxylic acids is 1. The highest BCUT2D eigenvalue weighted by atomic mass is 32.2. The molecule has 8 heteroatoms. The fourth-order valence-corrected chi connectivity index (χ4v) is 3.57. The Morgan fingerprint density at radius 3 is 2.30 bits per heavy atom. The van der Waals surface area contributed by atoms with Gasteiger partial charge in [-0.3, -0.25) is 0 Å². The smallest absolute Gasteiger partial charge is 0.340 e. The molecule has 2 unspecified atom stereocenters. The first-order valence-corrected chi connectivity index (χ1v) is 7.56. The third-order valence-corrected chi connectivity index (χ3v) is 4.88. The molecule has 0 saturated heterocycles. The number of aliphatic hydroxyl groups is 1. The van der Waals surface area contributed by atoms with Crippen molar-refractivity contribution < 1.29 is 27.8 Å². The molecule has 1 rings (SSSR count). The molecule has 0 fully saturated rings. The number of aryl methyl sites for hydroxylation is 2. The van der Waals surface area contributed by atoms with Crippen LogP contribution in [-0.2, 0) is 10.0 Å². The molecule has 1 aromatic rings. The number of aliphatic hydroxyl groups excluding tert-OH is 1. The molecular weight excluding hydrogens is 286 g/mol. The summed E-state index contributed by atoms with van der Waals surface area (Å²) in [6.45, 7) is 5.89. The van der Waals surface area contributed by atoms with E-state index >= 15 is 0 Å². The minimum absolute atomic E-state index is 0.0243. The Kier molecular flexibility index (Phi) is 4.95. The summed E-state index contributed by atoms with van der Waals surface area (Å²) in [5.41, 5.74) is -0.362. The van der Waals surface area contributed by atoms with Crippen LogP contribution >= 0.6 is 0 Å². The summed E-state index contributed by atoms with van der Waals surface area (Å²) in [6.07, 6.45) is 0. The van der Waals surface area contributed by atoms with Gasteiger partial charge in [0.05, 0.1) is 0 Å². The molecule has 0 amide bonds. The molecule has 114 valence electrons. The Labute approximate surface area is 117 Å². The molecule has 0 spiro atoms. The minimum atomic E-state index is -4.04. The molecule has 0 bridgehead atoms. The Hall–Kier alpha value is -1.38. The van der Waals surface area contributed by atoms with Crippen molar-refractivity contribution in [2.24, 2.45) is 5.92 Å². The molecule has 0 aliphatic heterocycles. The highest BCUT2D eigenvalue weighted by Gasteiger charge is 2.32. The lowest BCUT2D eigenvalue weighted by atomic mass is 10.1. The van der Waals surface area contributed by atoms with E-state index in [1.807, 2.05) is 0 Å². The van der Waals surface area contributed by atoms with Gasteiger partial charge in [-0.15, -0.1) is 0 Å². The van der Waals surface area contributed by atoms with Crippen LogP contribution in [0.15, 0.2) is 9.31 Å². The fourth-order valence-electron chi connectivity index (χ4n) is 1.81. The summed E-state index contributed by atoms with van der Waals surface area (Å²) in [7, 11) is -4.04. The van der Waals surface area contributed by atoms with Crippen LogP contribution in [0, 0.1) is 19.8 Å². The molecule has 0 aromatic carbocycles. The van der Waals surface area contributed by atoms with Gasteiger partial charge < -0.3 is 14.6 Å². The van der Waals surface area contributed by atoms with E-state index in [9.17, 15) is 13.2 Å². The van der Waals surface area contributed by atoms with E-state index in [-0.39, 0.29) is 34.5 Å². The summed E-state index contributed by atoms with van der Waals surface area (Å²) in [6, 6.07) is -0.541. The average Bonchev–Trinajstić information content (AvgIpc) is 2.63. The molecule has 0 radical (unpaired) electrons. The Morgan fingerprint density at radius 2 is 1.85 bits per heavy atom. The van der Waals surface area contributed by atoms with Gasteiger partial charge in [-0.1, -0.05) is 6.92 Å². The zero-order chi connectivity index (χ0) is 15.7. The molecule has 0 aliphatic rings. The summed E-state index contributed by atoms with van der Waals surface area (Å²) < 4.78 is 32.1. The second-order valence-electron chi connectivity index (χ2n) is 4.79. The van der Waals surface area contributed by atoms with E-state index in [2.05, 4.69) is 4.72 Å². The molecular formula is C12H19NO6S. The van der Waals surface area contributed by atoms with Crippen molar-refractivity contribution >= 4 is 16.0 Å². The van der Waals surface area contributed by atoms with E-state index in [0.717, 1.165) is 0 Å². The Bertz CT molecular complexity index is 604. The van der Waals surface area contributed by atoms with Gasteiger partial charge in [-0.05, 0) is 26.7 Å². The first kappa shape index (κ1) is 16.7. The highest BCUT2D eigenvalue weighted by Crippen LogP contribution is 2.27. The topological polar surface area (TPSA) is 117 Å². The Balaban J connectivity index is 3.26. The van der Waals surface area contributed by atoms with E-state index in [1.165, 1.54) is 13.8 Å². The fraction of sp³-hybridized carbons (Fsp3) is 0.583. The van der Waals surface area contributed by atoms with Gasteiger partial charge in [0.15, 0.2) is 0 Å². The van der Waals surface area contributed by atoms with E-state index in [0.29, 0.717) is 0 Å². The Morgan fingerprint density at radius 1 is 1.30 bits per heavy atom. The van der Waals surface area contributed by atoms with Crippen molar-refractivity contribution in [2.45, 2.75) is 38.6 Å². The number of carboxylic acid groups (broad SMARTS) is 1. The summed E-state index contributed by atoms with van der Waals surface area (Å²) in [5.74, 6) is -1.59. The van der Waals surface area contributed by atoms with E-state index in [4.69, 9.17) is 14.6 Å². The van der Waals surface area contributed by atoms with Gasteiger partial charge in [-0.25, -0.2) is 17.9 Å². The number of sulfonamides is 1. The van der Waals surface area contributed by atoms with Gasteiger partial charge in [-0.2, -0.15) is 0 Å². The van der Waals surface area contributed by atoms with Crippen molar-refractivity contribution in [3.05, 3.63) is 17.1 Å². The lowest BCUT2D eigenvalue weighted by Crippen LogP contribution is -2.38. The third-order valence-electron chi connectivity index (χ3n) is 3.17. The average molecular weight is 305 g/mol. The van der Waals surface area contributed by atoms with E-state index in [1.54, 1.807) is 13.8 Å². The monoisotopic (exact) mass is 305 g/mol. The number of aromatic carboxylic acids is 1. The zero-order valence-corrected chi connectivity index (χ0v) is 12.6. The molecule has 0 aliphatic carbocycles. The molecule has 20 heavy (non-hydrogen) atoms. The quantitative estimate of drug-likeness (QED) is 0.718. The van der Waals surface area contributed by atoms with Crippen molar-refractivity contribution in [2.75, 3.05) is 6.61 Å². The summed E-state index contributed by atoms with van der Waals surface area (Å²) in [5, 5.41) is 18.1. The normalized spacial score (nSPS) is 15.1. The number of carbonyl (C=O) groups is 1. The zero-order valence-electron chi connectivity index (χ0n) is 11.8. The third kappa shape index (κ3) is 3.20. The maximum absolute atomic E-state index is 12.3. The van der Waals surface area contributed by atoms with Gasteiger partial charge in [0.1, 0.15) is 22.0 Å². The van der Waals surface area contributed by atoms with Crippen LogP contribution in [0.5, 0.6) is 0 Å². The van der Waals surface area contributed by atoms with Crippen LogP contribution in [0.25, 0.3) is 0 Å². The number of rotatable bonds is 6. The summed E-state index contributed by atoms with van der Waals surface area (Å²) in [4.78, 5) is 10.8. The predicted octanol–water partition coefficient (Wildman–Crippen LogP) is 0.890. The van der Waals surface area contributed by atoms with Gasteiger partial charge >= 0.3 is 5.97 Å². The molecule has 3 N–H and O–H groups in total. The highest BCUT2D eigenvalue weighted by molar-refractivity contribution is 7.89. The maximum atomic E-state index is 12.3. The van der Waals surface area contributed by atoms with Gasteiger partial charge in [0.2, 0.25) is 10.0 Å². The van der Waals surface area contributed by atoms with Crippen molar-refractivity contribution in [1.29, 1.82) is 0 Å². The van der Waals surface area contributed by atoms with E-state index < -0.39 is 22.0 Å². The maximum Gasteiger partial charge on any atom is 0.340 e. The predicted molar refractivity (Wildman–Crippen MR) is 71.2 cm³/mol. The molecule has 1 heterocycles. The summed E-state index contributed by atoms with van der Waals surface area (Å²) >= 11 is 0. The minimum Gasteiger partial charge on any atom is -0.478 e. The first-order chi connectivity index (χ1) is 9.11. The standard InChI is InChI=1S/C12H19NO6S/c1-6(5-14)7(2)13-20(17,18)11-9(4)19-8(3)10(11)12(15)16/h6-7,13-14H,5H2,1-4H3,(H,15,16). The molecule has 0 saturated carbocycles. The number of nitrogens with one attached hydrogen (secondary N) is 1. The van der Waals surface area contributed by atoms with Crippen LogP contribution in [0.1, 0.15) is 35.7 Å². The number of furan rings is 1.